The Morgan fingerprint density at radius 2 is 1.45 bits per heavy atom. The van der Waals surface area contributed by atoms with Crippen molar-refractivity contribution in [2.75, 3.05) is 0 Å². The molecule has 0 aromatic carbocycles. The Balaban J connectivity index is 2.07. The molecular formula is C9H14N2. The fourth-order valence-corrected chi connectivity index (χ4v) is 3.23. The zero-order valence-electron chi connectivity index (χ0n) is 7.12. The summed E-state index contributed by atoms with van der Waals surface area (Å²) in [7, 11) is 0. The second kappa shape index (κ2) is 1.52. The summed E-state index contributed by atoms with van der Waals surface area (Å²) in [6.45, 7) is 4.67. The monoisotopic (exact) mass is 150 g/mol. The lowest BCUT2D eigenvalue weighted by atomic mass is 9.73. The summed E-state index contributed by atoms with van der Waals surface area (Å²) < 4.78 is 0. The van der Waals surface area contributed by atoms with E-state index in [-0.39, 0.29) is 0 Å². The third-order valence-corrected chi connectivity index (χ3v) is 4.03. The van der Waals surface area contributed by atoms with Crippen molar-refractivity contribution in [3.05, 3.63) is 0 Å². The van der Waals surface area contributed by atoms with E-state index in [2.05, 4.69) is 24.1 Å². The van der Waals surface area contributed by atoms with Gasteiger partial charge in [-0.1, -0.05) is 13.8 Å². The molecule has 0 aromatic heterocycles. The van der Waals surface area contributed by atoms with Crippen molar-refractivity contribution in [3.63, 3.8) is 0 Å². The molecule has 0 aromatic rings. The highest BCUT2D eigenvalue weighted by Gasteiger charge is 2.62. The van der Waals surface area contributed by atoms with Gasteiger partial charge in [0.2, 0.25) is 0 Å². The van der Waals surface area contributed by atoms with Gasteiger partial charge in [0.1, 0.15) is 0 Å². The van der Waals surface area contributed by atoms with Crippen LogP contribution in [0.4, 0.5) is 0 Å². The number of nitrogens with zero attached hydrogens (tertiary/aromatic N) is 2. The molecular weight excluding hydrogens is 136 g/mol. The highest BCUT2D eigenvalue weighted by Crippen LogP contribution is 2.61. The minimum atomic E-state index is 0.395. The van der Waals surface area contributed by atoms with Crippen molar-refractivity contribution >= 4 is 0 Å². The van der Waals surface area contributed by atoms with Crippen molar-refractivity contribution < 1.29 is 0 Å². The van der Waals surface area contributed by atoms with Gasteiger partial charge in [-0.2, -0.15) is 10.2 Å². The summed E-state index contributed by atoms with van der Waals surface area (Å²) in [4.78, 5) is 0. The first-order chi connectivity index (χ1) is 5.21. The van der Waals surface area contributed by atoms with E-state index in [9.17, 15) is 0 Å². The van der Waals surface area contributed by atoms with Crippen LogP contribution in [0.25, 0.3) is 0 Å². The standard InChI is InChI=1S/C9H14N2/c1-9(2)7-5-3-4-6(5)8(9)11-10-7/h5-8H,3-4H2,1-2H3. The maximum atomic E-state index is 4.36. The van der Waals surface area contributed by atoms with Gasteiger partial charge in [-0.3, -0.25) is 0 Å². The molecule has 4 unspecified atom stereocenters. The Labute approximate surface area is 67.1 Å². The third kappa shape index (κ3) is 0.491. The van der Waals surface area contributed by atoms with Gasteiger partial charge < -0.3 is 0 Å². The van der Waals surface area contributed by atoms with Gasteiger partial charge in [-0.15, -0.1) is 0 Å². The normalized spacial score (nSPS) is 55.8. The van der Waals surface area contributed by atoms with Gasteiger partial charge in [0.15, 0.2) is 0 Å². The second-order valence-electron chi connectivity index (χ2n) is 4.85. The molecule has 0 radical (unpaired) electrons. The van der Waals surface area contributed by atoms with Crippen molar-refractivity contribution in [1.29, 1.82) is 0 Å². The summed E-state index contributed by atoms with van der Waals surface area (Å²) in [5, 5.41) is 8.73. The average Bonchev–Trinajstić information content (AvgIpc) is 2.17. The Morgan fingerprint density at radius 3 is 1.73 bits per heavy atom. The first-order valence-electron chi connectivity index (χ1n) is 4.61. The molecule has 2 aliphatic carbocycles. The Kier molecular flexibility index (Phi) is 0.851. The molecule has 0 amide bonds. The minimum Gasteiger partial charge on any atom is -0.190 e. The third-order valence-electron chi connectivity index (χ3n) is 4.03. The van der Waals surface area contributed by atoms with E-state index in [1.807, 2.05) is 0 Å². The van der Waals surface area contributed by atoms with Gasteiger partial charge in [0, 0.05) is 5.41 Å². The summed E-state index contributed by atoms with van der Waals surface area (Å²) in [6.07, 6.45) is 2.82. The van der Waals surface area contributed by atoms with Gasteiger partial charge >= 0.3 is 0 Å². The van der Waals surface area contributed by atoms with E-state index in [0.717, 1.165) is 11.8 Å². The average molecular weight is 150 g/mol. The smallest absolute Gasteiger partial charge is 0.0811 e. The summed E-state index contributed by atoms with van der Waals surface area (Å²) in [5.41, 5.74) is 0.395. The van der Waals surface area contributed by atoms with Gasteiger partial charge in [-0.25, -0.2) is 0 Å². The fraction of sp³-hybridized carbons (Fsp3) is 1.00. The van der Waals surface area contributed by atoms with Crippen LogP contribution >= 0.6 is 0 Å². The lowest BCUT2D eigenvalue weighted by Gasteiger charge is -2.35. The first-order valence-corrected chi connectivity index (χ1v) is 4.61. The zero-order valence-corrected chi connectivity index (χ0v) is 7.12. The van der Waals surface area contributed by atoms with E-state index >= 15 is 0 Å². The maximum absolute atomic E-state index is 4.36. The first kappa shape index (κ1) is 6.15. The van der Waals surface area contributed by atoms with E-state index in [1.54, 1.807) is 0 Å². The number of fused-ring (bicyclic) bond motifs is 5. The van der Waals surface area contributed by atoms with Crippen LogP contribution in [0.1, 0.15) is 26.7 Å². The molecule has 1 heterocycles. The van der Waals surface area contributed by atoms with E-state index < -0.39 is 0 Å². The molecule has 2 bridgehead atoms. The Hall–Kier alpha value is -0.400. The van der Waals surface area contributed by atoms with Crippen LogP contribution in [-0.4, -0.2) is 12.1 Å². The largest absolute Gasteiger partial charge is 0.190 e. The number of rotatable bonds is 0. The predicted molar refractivity (Wildman–Crippen MR) is 42.4 cm³/mol. The van der Waals surface area contributed by atoms with Crippen molar-refractivity contribution in [2.24, 2.45) is 27.5 Å². The predicted octanol–water partition coefficient (Wildman–Crippen LogP) is 2.26. The Morgan fingerprint density at radius 1 is 1.00 bits per heavy atom. The lowest BCUT2D eigenvalue weighted by molar-refractivity contribution is 0.167. The molecule has 2 saturated carbocycles. The molecule has 3 aliphatic rings. The topological polar surface area (TPSA) is 24.7 Å². The van der Waals surface area contributed by atoms with E-state index in [0.29, 0.717) is 17.5 Å². The lowest BCUT2D eigenvalue weighted by Crippen LogP contribution is -2.32. The number of hydrogen-bond acceptors (Lipinski definition) is 2. The maximum Gasteiger partial charge on any atom is 0.0811 e. The minimum absolute atomic E-state index is 0.395. The molecule has 0 N–H and O–H groups in total. The van der Waals surface area contributed by atoms with Crippen LogP contribution in [-0.2, 0) is 0 Å². The second-order valence-corrected chi connectivity index (χ2v) is 4.85. The SMILES string of the molecule is CC1(C)C2N=NC1C1CCC12. The van der Waals surface area contributed by atoms with Crippen molar-refractivity contribution in [1.82, 2.24) is 0 Å². The summed E-state index contributed by atoms with van der Waals surface area (Å²) in [6, 6.07) is 1.15. The molecule has 2 nitrogen and oxygen atoms in total. The van der Waals surface area contributed by atoms with Crippen molar-refractivity contribution in [2.45, 2.75) is 38.8 Å². The van der Waals surface area contributed by atoms with Crippen LogP contribution in [0.5, 0.6) is 0 Å². The molecule has 11 heavy (non-hydrogen) atoms. The van der Waals surface area contributed by atoms with Crippen LogP contribution in [0.2, 0.25) is 0 Å². The highest BCUT2D eigenvalue weighted by atomic mass is 15.2. The number of azo groups is 1. The fourth-order valence-electron chi connectivity index (χ4n) is 3.23. The molecule has 1 aliphatic heterocycles. The van der Waals surface area contributed by atoms with Crippen LogP contribution in [0, 0.1) is 17.3 Å². The molecule has 3 rings (SSSR count). The van der Waals surface area contributed by atoms with E-state index in [4.69, 9.17) is 0 Å². The molecule has 2 fully saturated rings. The van der Waals surface area contributed by atoms with Crippen molar-refractivity contribution in [3.8, 4) is 0 Å². The molecule has 2 heteroatoms. The summed E-state index contributed by atoms with van der Waals surface area (Å²) in [5.74, 6) is 1.82. The molecule has 0 saturated heterocycles. The van der Waals surface area contributed by atoms with Crippen LogP contribution < -0.4 is 0 Å². The van der Waals surface area contributed by atoms with Gasteiger partial charge in [0.05, 0.1) is 12.1 Å². The van der Waals surface area contributed by atoms with Gasteiger partial charge in [-0.05, 0) is 24.7 Å². The molecule has 4 atom stereocenters. The molecule has 0 spiro atoms. The Bertz CT molecular complexity index is 210. The quantitative estimate of drug-likeness (QED) is 0.506. The molecule has 60 valence electrons. The van der Waals surface area contributed by atoms with Gasteiger partial charge in [0.25, 0.3) is 0 Å². The van der Waals surface area contributed by atoms with Crippen LogP contribution in [0.3, 0.4) is 0 Å². The summed E-state index contributed by atoms with van der Waals surface area (Å²) >= 11 is 0. The zero-order chi connectivity index (χ0) is 7.64. The highest BCUT2D eigenvalue weighted by molar-refractivity contribution is 5.16. The van der Waals surface area contributed by atoms with E-state index in [1.165, 1.54) is 12.8 Å². The van der Waals surface area contributed by atoms with Crippen LogP contribution in [0.15, 0.2) is 10.2 Å². The number of hydrogen-bond donors (Lipinski definition) is 0.